The van der Waals surface area contributed by atoms with Crippen molar-refractivity contribution in [3.05, 3.63) is 17.8 Å². The van der Waals surface area contributed by atoms with Gasteiger partial charge in [-0.05, 0) is 26.7 Å². The Kier molecular flexibility index (Phi) is 5.34. The van der Waals surface area contributed by atoms with Gasteiger partial charge in [0.1, 0.15) is 5.76 Å². The molecule has 0 aromatic carbocycles. The number of oxazole rings is 1. The molecular weight excluding hydrogens is 230 g/mol. The summed E-state index contributed by atoms with van der Waals surface area (Å²) < 4.78 is 5.42. The summed E-state index contributed by atoms with van der Waals surface area (Å²) in [7, 11) is 0. The maximum atomic E-state index is 11.8. The first-order chi connectivity index (χ1) is 8.40. The molecule has 0 saturated carbocycles. The molecule has 0 fully saturated rings. The summed E-state index contributed by atoms with van der Waals surface area (Å²) in [4.78, 5) is 15.9. The number of amides is 1. The first-order valence-electron chi connectivity index (χ1n) is 6.36. The van der Waals surface area contributed by atoms with Gasteiger partial charge in [0.2, 0.25) is 11.8 Å². The SMILES string of the molecule is Cc1cnc(C(C)NC(C)C(=O)NCC(C)C)o1. The molecule has 1 heterocycles. The number of aromatic nitrogens is 1. The minimum Gasteiger partial charge on any atom is -0.444 e. The van der Waals surface area contributed by atoms with Crippen LogP contribution in [-0.2, 0) is 4.79 Å². The topological polar surface area (TPSA) is 67.2 Å². The molecule has 0 bridgehead atoms. The van der Waals surface area contributed by atoms with E-state index in [9.17, 15) is 4.79 Å². The van der Waals surface area contributed by atoms with E-state index in [-0.39, 0.29) is 18.0 Å². The summed E-state index contributed by atoms with van der Waals surface area (Å²) in [5, 5.41) is 6.06. The van der Waals surface area contributed by atoms with Gasteiger partial charge in [-0.15, -0.1) is 0 Å². The highest BCUT2D eigenvalue weighted by atomic mass is 16.4. The molecule has 1 amide bonds. The van der Waals surface area contributed by atoms with E-state index in [0.717, 1.165) is 5.76 Å². The number of carbonyl (C=O) groups is 1. The number of carbonyl (C=O) groups excluding carboxylic acids is 1. The van der Waals surface area contributed by atoms with E-state index in [1.165, 1.54) is 0 Å². The van der Waals surface area contributed by atoms with Crippen molar-refractivity contribution in [1.29, 1.82) is 0 Å². The second kappa shape index (κ2) is 6.54. The minimum absolute atomic E-state index is 0.00109. The molecule has 0 spiro atoms. The highest BCUT2D eigenvalue weighted by Crippen LogP contribution is 2.12. The number of nitrogens with one attached hydrogen (secondary N) is 2. The smallest absolute Gasteiger partial charge is 0.236 e. The molecule has 0 radical (unpaired) electrons. The molecule has 1 aromatic heterocycles. The van der Waals surface area contributed by atoms with Gasteiger partial charge in [0.25, 0.3) is 0 Å². The lowest BCUT2D eigenvalue weighted by Gasteiger charge is -2.18. The number of rotatable bonds is 6. The fraction of sp³-hybridized carbons (Fsp3) is 0.692. The highest BCUT2D eigenvalue weighted by molar-refractivity contribution is 5.81. The predicted octanol–water partition coefficient (Wildman–Crippen LogP) is 1.79. The van der Waals surface area contributed by atoms with Crippen LogP contribution in [0.4, 0.5) is 0 Å². The molecule has 0 saturated heterocycles. The molecule has 2 unspecified atom stereocenters. The van der Waals surface area contributed by atoms with Crippen LogP contribution in [0, 0.1) is 12.8 Å². The van der Waals surface area contributed by atoms with Crippen LogP contribution in [-0.4, -0.2) is 23.5 Å². The maximum Gasteiger partial charge on any atom is 0.236 e. The zero-order chi connectivity index (χ0) is 13.7. The average Bonchev–Trinajstić information content (AvgIpc) is 2.72. The van der Waals surface area contributed by atoms with Gasteiger partial charge in [0, 0.05) is 6.54 Å². The Morgan fingerprint density at radius 3 is 2.56 bits per heavy atom. The molecule has 5 nitrogen and oxygen atoms in total. The van der Waals surface area contributed by atoms with Crippen molar-refractivity contribution in [3.63, 3.8) is 0 Å². The molecule has 1 aromatic rings. The molecule has 102 valence electrons. The highest BCUT2D eigenvalue weighted by Gasteiger charge is 2.18. The van der Waals surface area contributed by atoms with Crippen molar-refractivity contribution in [2.45, 2.75) is 46.7 Å². The number of aryl methyl sites for hydroxylation is 1. The van der Waals surface area contributed by atoms with E-state index < -0.39 is 0 Å². The largest absolute Gasteiger partial charge is 0.444 e. The second-order valence-corrected chi connectivity index (χ2v) is 5.06. The molecule has 2 N–H and O–H groups in total. The number of hydrogen-bond donors (Lipinski definition) is 2. The van der Waals surface area contributed by atoms with Crippen LogP contribution in [0.25, 0.3) is 0 Å². The van der Waals surface area contributed by atoms with Gasteiger partial charge in [-0.2, -0.15) is 0 Å². The fourth-order valence-corrected chi connectivity index (χ4v) is 1.55. The van der Waals surface area contributed by atoms with Crippen molar-refractivity contribution in [3.8, 4) is 0 Å². The quantitative estimate of drug-likeness (QED) is 0.811. The van der Waals surface area contributed by atoms with Crippen LogP contribution in [0.2, 0.25) is 0 Å². The first-order valence-corrected chi connectivity index (χ1v) is 6.36. The summed E-state index contributed by atoms with van der Waals surface area (Å²) in [5.74, 6) is 1.83. The number of nitrogens with zero attached hydrogens (tertiary/aromatic N) is 1. The summed E-state index contributed by atoms with van der Waals surface area (Å²) >= 11 is 0. The van der Waals surface area contributed by atoms with Crippen molar-refractivity contribution in [2.75, 3.05) is 6.54 Å². The zero-order valence-electron chi connectivity index (χ0n) is 11.8. The lowest BCUT2D eigenvalue weighted by Crippen LogP contribution is -2.44. The van der Waals surface area contributed by atoms with E-state index in [1.54, 1.807) is 6.20 Å². The van der Waals surface area contributed by atoms with Crippen LogP contribution in [0.1, 0.15) is 45.4 Å². The number of hydrogen-bond acceptors (Lipinski definition) is 4. The van der Waals surface area contributed by atoms with Crippen molar-refractivity contribution < 1.29 is 9.21 Å². The third kappa shape index (κ3) is 4.49. The minimum atomic E-state index is -0.272. The van der Waals surface area contributed by atoms with Gasteiger partial charge in [-0.3, -0.25) is 10.1 Å². The van der Waals surface area contributed by atoms with Crippen molar-refractivity contribution >= 4 is 5.91 Å². The van der Waals surface area contributed by atoms with Crippen LogP contribution in [0.3, 0.4) is 0 Å². The molecule has 0 aliphatic rings. The summed E-state index contributed by atoms with van der Waals surface area (Å²) in [6.07, 6.45) is 1.68. The fourth-order valence-electron chi connectivity index (χ4n) is 1.55. The standard InChI is InChI=1S/C13H23N3O2/c1-8(2)6-14-12(17)10(4)16-11(5)13-15-7-9(3)18-13/h7-8,10-11,16H,6H2,1-5H3,(H,14,17). The van der Waals surface area contributed by atoms with E-state index in [4.69, 9.17) is 4.42 Å². The van der Waals surface area contributed by atoms with Gasteiger partial charge in [-0.1, -0.05) is 13.8 Å². The lowest BCUT2D eigenvalue weighted by atomic mass is 10.2. The summed E-state index contributed by atoms with van der Waals surface area (Å²) in [6.45, 7) is 10.4. The average molecular weight is 253 g/mol. The van der Waals surface area contributed by atoms with Gasteiger partial charge in [0.05, 0.1) is 18.3 Å². The van der Waals surface area contributed by atoms with Crippen LogP contribution in [0.5, 0.6) is 0 Å². The first kappa shape index (κ1) is 14.7. The molecule has 18 heavy (non-hydrogen) atoms. The Balaban J connectivity index is 2.43. The predicted molar refractivity (Wildman–Crippen MR) is 70.1 cm³/mol. The Labute approximate surface area is 108 Å². The van der Waals surface area contributed by atoms with E-state index in [1.807, 2.05) is 20.8 Å². The molecule has 0 aliphatic heterocycles. The third-order valence-corrected chi connectivity index (χ3v) is 2.59. The van der Waals surface area contributed by atoms with E-state index in [0.29, 0.717) is 18.4 Å². The molecule has 5 heteroatoms. The van der Waals surface area contributed by atoms with Crippen molar-refractivity contribution in [1.82, 2.24) is 15.6 Å². The van der Waals surface area contributed by atoms with Gasteiger partial charge in [0.15, 0.2) is 0 Å². The zero-order valence-corrected chi connectivity index (χ0v) is 11.8. The normalized spacial score (nSPS) is 14.6. The van der Waals surface area contributed by atoms with Gasteiger partial charge >= 0.3 is 0 Å². The third-order valence-electron chi connectivity index (χ3n) is 2.59. The van der Waals surface area contributed by atoms with Crippen LogP contribution < -0.4 is 10.6 Å². The second-order valence-electron chi connectivity index (χ2n) is 5.06. The van der Waals surface area contributed by atoms with Crippen molar-refractivity contribution in [2.24, 2.45) is 5.92 Å². The monoisotopic (exact) mass is 253 g/mol. The van der Waals surface area contributed by atoms with Gasteiger partial charge < -0.3 is 9.73 Å². The summed E-state index contributed by atoms with van der Waals surface area (Å²) in [5.41, 5.74) is 0. The Hall–Kier alpha value is -1.36. The Morgan fingerprint density at radius 1 is 1.39 bits per heavy atom. The molecule has 1 rings (SSSR count). The maximum absolute atomic E-state index is 11.8. The van der Waals surface area contributed by atoms with E-state index >= 15 is 0 Å². The molecule has 0 aliphatic carbocycles. The Morgan fingerprint density at radius 2 is 2.06 bits per heavy atom. The molecular formula is C13H23N3O2. The van der Waals surface area contributed by atoms with Crippen LogP contribution >= 0.6 is 0 Å². The summed E-state index contributed by atoms with van der Waals surface area (Å²) in [6, 6.07) is -0.357. The van der Waals surface area contributed by atoms with E-state index in [2.05, 4.69) is 29.5 Å². The van der Waals surface area contributed by atoms with Gasteiger partial charge in [-0.25, -0.2) is 4.98 Å². The van der Waals surface area contributed by atoms with Crippen LogP contribution in [0.15, 0.2) is 10.6 Å². The lowest BCUT2D eigenvalue weighted by molar-refractivity contribution is -0.123. The molecule has 2 atom stereocenters. The Bertz CT molecular complexity index is 387.